The van der Waals surface area contributed by atoms with Crippen LogP contribution in [-0.2, 0) is 11.2 Å². The zero-order valence-corrected chi connectivity index (χ0v) is 8.62. The molecule has 4 heteroatoms. The molecule has 1 atom stereocenters. The van der Waals surface area contributed by atoms with Gasteiger partial charge in [0.2, 0.25) is 0 Å². The van der Waals surface area contributed by atoms with E-state index in [1.165, 1.54) is 0 Å². The fourth-order valence-corrected chi connectivity index (χ4v) is 2.18. The molecule has 0 bridgehead atoms. The number of halogens is 1. The quantitative estimate of drug-likeness (QED) is 0.838. The number of aliphatic carboxylic acids is 1. The average Bonchev–Trinajstić information content (AvgIpc) is 2.46. The SMILES string of the molecule is O=C(O)CC1Cc2c(Cl)cccc2C1=O. The maximum absolute atomic E-state index is 11.8. The number of hydrogen-bond acceptors (Lipinski definition) is 2. The van der Waals surface area contributed by atoms with E-state index in [9.17, 15) is 9.59 Å². The number of carboxylic acids is 1. The molecule has 0 fully saturated rings. The molecule has 0 aromatic heterocycles. The molecule has 1 aromatic rings. The molecule has 0 amide bonds. The topological polar surface area (TPSA) is 54.4 Å². The Balaban J connectivity index is 2.33. The van der Waals surface area contributed by atoms with Gasteiger partial charge in [-0.25, -0.2) is 0 Å². The third-order valence-electron chi connectivity index (χ3n) is 2.63. The average molecular weight is 225 g/mol. The lowest BCUT2D eigenvalue weighted by atomic mass is 10.0. The summed E-state index contributed by atoms with van der Waals surface area (Å²) in [5, 5.41) is 9.20. The van der Waals surface area contributed by atoms with Crippen LogP contribution < -0.4 is 0 Å². The first-order chi connectivity index (χ1) is 7.09. The van der Waals surface area contributed by atoms with Gasteiger partial charge in [0.05, 0.1) is 6.42 Å². The minimum atomic E-state index is -0.947. The van der Waals surface area contributed by atoms with E-state index >= 15 is 0 Å². The minimum Gasteiger partial charge on any atom is -0.481 e. The second kappa shape index (κ2) is 3.66. The van der Waals surface area contributed by atoms with Crippen molar-refractivity contribution in [2.24, 2.45) is 5.92 Å². The number of benzene rings is 1. The Kier molecular flexibility index (Phi) is 2.49. The molecule has 15 heavy (non-hydrogen) atoms. The van der Waals surface area contributed by atoms with E-state index < -0.39 is 11.9 Å². The van der Waals surface area contributed by atoms with Crippen molar-refractivity contribution in [2.75, 3.05) is 0 Å². The highest BCUT2D eigenvalue weighted by molar-refractivity contribution is 6.32. The lowest BCUT2D eigenvalue weighted by Gasteiger charge is -2.02. The summed E-state index contributed by atoms with van der Waals surface area (Å²) in [6.07, 6.45) is 0.323. The fraction of sp³-hybridized carbons (Fsp3) is 0.273. The van der Waals surface area contributed by atoms with E-state index in [4.69, 9.17) is 16.7 Å². The standard InChI is InChI=1S/C11H9ClO3/c12-9-3-1-2-7-8(9)4-6(11(7)15)5-10(13)14/h1-3,6H,4-5H2,(H,13,14). The fourth-order valence-electron chi connectivity index (χ4n) is 1.93. The van der Waals surface area contributed by atoms with Gasteiger partial charge in [0, 0.05) is 16.5 Å². The number of rotatable bonds is 2. The van der Waals surface area contributed by atoms with E-state index in [0.29, 0.717) is 17.0 Å². The molecule has 2 rings (SSSR count). The van der Waals surface area contributed by atoms with Gasteiger partial charge >= 0.3 is 5.97 Å². The Bertz CT molecular complexity index is 439. The lowest BCUT2D eigenvalue weighted by molar-refractivity contribution is -0.137. The highest BCUT2D eigenvalue weighted by atomic mass is 35.5. The van der Waals surface area contributed by atoms with Gasteiger partial charge in [0.1, 0.15) is 0 Å². The second-order valence-corrected chi connectivity index (χ2v) is 4.04. The molecule has 0 radical (unpaired) electrons. The molecule has 0 heterocycles. The zero-order valence-electron chi connectivity index (χ0n) is 7.87. The van der Waals surface area contributed by atoms with Crippen LogP contribution in [0.5, 0.6) is 0 Å². The van der Waals surface area contributed by atoms with Crippen molar-refractivity contribution in [1.29, 1.82) is 0 Å². The Labute approximate surface area is 91.7 Å². The monoisotopic (exact) mass is 224 g/mol. The van der Waals surface area contributed by atoms with Crippen molar-refractivity contribution in [2.45, 2.75) is 12.8 Å². The first kappa shape index (κ1) is 10.2. The Morgan fingerprint density at radius 1 is 1.53 bits per heavy atom. The molecule has 1 aliphatic carbocycles. The summed E-state index contributed by atoms with van der Waals surface area (Å²) in [5.74, 6) is -1.50. The van der Waals surface area contributed by atoms with Crippen molar-refractivity contribution in [3.05, 3.63) is 34.3 Å². The van der Waals surface area contributed by atoms with Crippen molar-refractivity contribution in [3.63, 3.8) is 0 Å². The van der Waals surface area contributed by atoms with Crippen LogP contribution in [0.25, 0.3) is 0 Å². The summed E-state index contributed by atoms with van der Waals surface area (Å²) >= 11 is 5.94. The molecule has 0 aliphatic heterocycles. The molecule has 78 valence electrons. The van der Waals surface area contributed by atoms with Crippen molar-refractivity contribution in [3.8, 4) is 0 Å². The number of carbonyl (C=O) groups is 2. The molecule has 1 aliphatic rings. The molecular weight excluding hydrogens is 216 g/mol. The maximum Gasteiger partial charge on any atom is 0.304 e. The summed E-state index contributed by atoms with van der Waals surface area (Å²) in [6, 6.07) is 5.13. The van der Waals surface area contributed by atoms with E-state index in [1.54, 1.807) is 18.2 Å². The zero-order chi connectivity index (χ0) is 11.0. The second-order valence-electron chi connectivity index (χ2n) is 3.63. The number of fused-ring (bicyclic) bond motifs is 1. The van der Waals surface area contributed by atoms with Gasteiger partial charge in [-0.3, -0.25) is 9.59 Å². The number of Topliss-reactive ketones (excluding diaryl/α,β-unsaturated/α-hetero) is 1. The number of hydrogen-bond donors (Lipinski definition) is 1. The predicted octanol–water partition coefficient (Wildman–Crippen LogP) is 2.17. The normalized spacial score (nSPS) is 19.0. The largest absolute Gasteiger partial charge is 0.481 e. The van der Waals surface area contributed by atoms with Crippen LogP contribution in [0.15, 0.2) is 18.2 Å². The summed E-state index contributed by atoms with van der Waals surface area (Å²) in [7, 11) is 0. The molecule has 0 spiro atoms. The van der Waals surface area contributed by atoms with Gasteiger partial charge in [-0.15, -0.1) is 0 Å². The van der Waals surface area contributed by atoms with E-state index in [1.807, 2.05) is 0 Å². The van der Waals surface area contributed by atoms with E-state index in [0.717, 1.165) is 5.56 Å². The van der Waals surface area contributed by atoms with Crippen LogP contribution >= 0.6 is 11.6 Å². The van der Waals surface area contributed by atoms with Crippen LogP contribution in [-0.4, -0.2) is 16.9 Å². The number of carboxylic acid groups (broad SMARTS) is 1. The van der Waals surface area contributed by atoms with Gasteiger partial charge in [-0.1, -0.05) is 23.7 Å². The van der Waals surface area contributed by atoms with Crippen molar-refractivity contribution < 1.29 is 14.7 Å². The molecule has 1 N–H and O–H groups in total. The minimum absolute atomic E-state index is 0.102. The highest BCUT2D eigenvalue weighted by Crippen LogP contribution is 2.33. The number of carbonyl (C=O) groups excluding carboxylic acids is 1. The summed E-state index contributed by atoms with van der Waals surface area (Å²) in [4.78, 5) is 22.3. The number of ketones is 1. The molecule has 0 saturated carbocycles. The first-order valence-corrected chi connectivity index (χ1v) is 5.01. The van der Waals surface area contributed by atoms with Crippen molar-refractivity contribution in [1.82, 2.24) is 0 Å². The summed E-state index contributed by atoms with van der Waals surface area (Å²) in [6.45, 7) is 0. The highest BCUT2D eigenvalue weighted by Gasteiger charge is 2.32. The molecular formula is C11H9ClO3. The predicted molar refractivity (Wildman–Crippen MR) is 55.2 cm³/mol. The van der Waals surface area contributed by atoms with Crippen LogP contribution in [0.3, 0.4) is 0 Å². The van der Waals surface area contributed by atoms with Gasteiger partial charge < -0.3 is 5.11 Å². The smallest absolute Gasteiger partial charge is 0.304 e. The van der Waals surface area contributed by atoms with Gasteiger partial charge in [-0.05, 0) is 18.1 Å². The Morgan fingerprint density at radius 3 is 2.87 bits per heavy atom. The van der Waals surface area contributed by atoms with Gasteiger partial charge in [0.15, 0.2) is 5.78 Å². The summed E-state index contributed by atoms with van der Waals surface area (Å²) in [5.41, 5.74) is 1.36. The maximum atomic E-state index is 11.8. The van der Waals surface area contributed by atoms with Gasteiger partial charge in [0.25, 0.3) is 0 Å². The van der Waals surface area contributed by atoms with E-state index in [-0.39, 0.29) is 12.2 Å². The Hall–Kier alpha value is -1.35. The first-order valence-electron chi connectivity index (χ1n) is 4.63. The van der Waals surface area contributed by atoms with Crippen molar-refractivity contribution >= 4 is 23.4 Å². The van der Waals surface area contributed by atoms with E-state index in [2.05, 4.69) is 0 Å². The lowest BCUT2D eigenvalue weighted by Crippen LogP contribution is -2.13. The third-order valence-corrected chi connectivity index (χ3v) is 2.98. The van der Waals surface area contributed by atoms with Crippen LogP contribution in [0.1, 0.15) is 22.3 Å². The van der Waals surface area contributed by atoms with Crippen LogP contribution in [0, 0.1) is 5.92 Å². The van der Waals surface area contributed by atoms with Gasteiger partial charge in [-0.2, -0.15) is 0 Å². The summed E-state index contributed by atoms with van der Waals surface area (Å²) < 4.78 is 0. The van der Waals surface area contributed by atoms with Crippen LogP contribution in [0.2, 0.25) is 5.02 Å². The molecule has 1 unspecified atom stereocenters. The molecule has 3 nitrogen and oxygen atoms in total. The molecule has 1 aromatic carbocycles. The van der Waals surface area contributed by atoms with Crippen LogP contribution in [0.4, 0.5) is 0 Å². The Morgan fingerprint density at radius 2 is 2.27 bits per heavy atom. The third kappa shape index (κ3) is 1.75. The molecule has 0 saturated heterocycles.